The number of carbonyl (C=O) groups excluding carboxylic acids is 3. The molecule has 0 aromatic heterocycles. The van der Waals surface area contributed by atoms with Gasteiger partial charge in [0.05, 0.1) is 5.56 Å². The zero-order valence-electron chi connectivity index (χ0n) is 14.9. The minimum atomic E-state index is -0.328. The predicted molar refractivity (Wildman–Crippen MR) is 101 cm³/mol. The third kappa shape index (κ3) is 5.73. The van der Waals surface area contributed by atoms with Crippen molar-refractivity contribution in [1.82, 2.24) is 0 Å². The minimum Gasteiger partial charge on any atom is -0.483 e. The molecule has 0 fully saturated rings. The maximum Gasteiger partial charge on any atom is 0.262 e. The van der Waals surface area contributed by atoms with Crippen molar-refractivity contribution < 1.29 is 19.1 Å². The third-order valence-corrected chi connectivity index (χ3v) is 3.54. The Hall–Kier alpha value is -3.15. The zero-order chi connectivity index (χ0) is 18.9. The molecule has 2 amide bonds. The fourth-order valence-corrected chi connectivity index (χ4v) is 2.32. The van der Waals surface area contributed by atoms with Crippen LogP contribution in [-0.2, 0) is 9.59 Å². The van der Waals surface area contributed by atoms with E-state index in [9.17, 15) is 14.4 Å². The van der Waals surface area contributed by atoms with Crippen molar-refractivity contribution in [3.05, 3.63) is 54.1 Å². The van der Waals surface area contributed by atoms with Crippen molar-refractivity contribution >= 4 is 29.0 Å². The Morgan fingerprint density at radius 2 is 1.62 bits per heavy atom. The summed E-state index contributed by atoms with van der Waals surface area (Å²) in [7, 11) is 0. The number of hydrogen-bond donors (Lipinski definition) is 2. The molecule has 136 valence electrons. The van der Waals surface area contributed by atoms with E-state index in [1.54, 1.807) is 30.3 Å². The number of hydrogen-bond acceptors (Lipinski definition) is 4. The first kappa shape index (κ1) is 19.2. The molecule has 0 saturated heterocycles. The molecule has 0 atom stereocenters. The largest absolute Gasteiger partial charge is 0.483 e. The van der Waals surface area contributed by atoms with Crippen molar-refractivity contribution in [2.45, 2.75) is 26.7 Å². The number of anilines is 2. The molecule has 0 saturated carbocycles. The van der Waals surface area contributed by atoms with Crippen molar-refractivity contribution in [2.24, 2.45) is 0 Å². The summed E-state index contributed by atoms with van der Waals surface area (Å²) < 4.78 is 5.49. The van der Waals surface area contributed by atoms with Gasteiger partial charge in [-0.15, -0.1) is 0 Å². The average molecular weight is 354 g/mol. The maximum atomic E-state index is 12.0. The van der Waals surface area contributed by atoms with Crippen LogP contribution >= 0.6 is 0 Å². The van der Waals surface area contributed by atoms with Crippen molar-refractivity contribution in [3.8, 4) is 5.75 Å². The maximum absolute atomic E-state index is 12.0. The lowest BCUT2D eigenvalue weighted by Gasteiger charge is -2.12. The highest BCUT2D eigenvalue weighted by Crippen LogP contribution is 2.24. The van der Waals surface area contributed by atoms with Crippen LogP contribution < -0.4 is 15.4 Å². The molecule has 0 aliphatic heterocycles. The Kier molecular flexibility index (Phi) is 6.91. The van der Waals surface area contributed by atoms with Gasteiger partial charge in [0.15, 0.2) is 12.4 Å². The molecule has 0 heterocycles. The van der Waals surface area contributed by atoms with Crippen LogP contribution in [0.25, 0.3) is 0 Å². The molecule has 0 bridgehead atoms. The Labute approximate surface area is 152 Å². The number of ether oxygens (including phenoxy) is 1. The van der Waals surface area contributed by atoms with E-state index in [1.165, 1.54) is 6.92 Å². The molecule has 2 rings (SSSR count). The van der Waals surface area contributed by atoms with Gasteiger partial charge in [-0.2, -0.15) is 0 Å². The number of ketones is 1. The normalized spacial score (nSPS) is 10.1. The molecule has 0 radical (unpaired) electrons. The van der Waals surface area contributed by atoms with E-state index in [0.717, 1.165) is 6.42 Å². The highest BCUT2D eigenvalue weighted by molar-refractivity contribution is 5.99. The van der Waals surface area contributed by atoms with E-state index in [4.69, 9.17) is 4.74 Å². The molecule has 2 aromatic carbocycles. The quantitative estimate of drug-likeness (QED) is 0.709. The standard InChI is InChI=1S/C20H22N2O4/c1-3-7-19(24)22-16-10-11-18(17(12-16)14(2)23)26-13-20(25)21-15-8-5-4-6-9-15/h4-6,8-12H,3,7,13H2,1-2H3,(H,21,25)(H,22,24). The minimum absolute atomic E-state index is 0.113. The number of carbonyl (C=O) groups is 3. The topological polar surface area (TPSA) is 84.5 Å². The number of benzene rings is 2. The second-order valence-corrected chi connectivity index (χ2v) is 5.77. The number of nitrogens with one attached hydrogen (secondary N) is 2. The van der Waals surface area contributed by atoms with Gasteiger partial charge in [0.1, 0.15) is 5.75 Å². The first-order chi connectivity index (χ1) is 12.5. The van der Waals surface area contributed by atoms with Gasteiger partial charge < -0.3 is 15.4 Å². The summed E-state index contributed by atoms with van der Waals surface area (Å²) in [5, 5.41) is 5.44. The van der Waals surface area contributed by atoms with Crippen LogP contribution in [-0.4, -0.2) is 24.2 Å². The Bertz CT molecular complexity index is 788. The molecule has 0 unspecified atom stereocenters. The summed E-state index contributed by atoms with van der Waals surface area (Å²) in [6.45, 7) is 3.10. The molecule has 6 heteroatoms. The summed E-state index contributed by atoms with van der Waals surface area (Å²) in [6, 6.07) is 13.8. The highest BCUT2D eigenvalue weighted by Gasteiger charge is 2.13. The second-order valence-electron chi connectivity index (χ2n) is 5.77. The van der Waals surface area contributed by atoms with Gasteiger partial charge in [-0.3, -0.25) is 14.4 Å². The lowest BCUT2D eigenvalue weighted by Crippen LogP contribution is -2.20. The van der Waals surface area contributed by atoms with Crippen LogP contribution in [0.5, 0.6) is 5.75 Å². The van der Waals surface area contributed by atoms with Gasteiger partial charge in [0, 0.05) is 17.8 Å². The fourth-order valence-electron chi connectivity index (χ4n) is 2.32. The summed E-state index contributed by atoms with van der Waals surface area (Å²) in [5.41, 5.74) is 1.50. The molecule has 0 aliphatic rings. The zero-order valence-corrected chi connectivity index (χ0v) is 14.9. The highest BCUT2D eigenvalue weighted by atomic mass is 16.5. The van der Waals surface area contributed by atoms with E-state index >= 15 is 0 Å². The predicted octanol–water partition coefficient (Wildman–Crippen LogP) is 3.65. The smallest absolute Gasteiger partial charge is 0.262 e. The van der Waals surface area contributed by atoms with Gasteiger partial charge in [-0.25, -0.2) is 0 Å². The average Bonchev–Trinajstić information content (AvgIpc) is 2.61. The third-order valence-electron chi connectivity index (χ3n) is 3.54. The Balaban J connectivity index is 2.02. The number of para-hydroxylation sites is 1. The SMILES string of the molecule is CCCC(=O)Nc1ccc(OCC(=O)Nc2ccccc2)c(C(C)=O)c1. The second kappa shape index (κ2) is 9.36. The Morgan fingerprint density at radius 3 is 2.27 bits per heavy atom. The Morgan fingerprint density at radius 1 is 0.923 bits per heavy atom. The van der Waals surface area contributed by atoms with Gasteiger partial charge in [-0.1, -0.05) is 25.1 Å². The van der Waals surface area contributed by atoms with Crippen LogP contribution in [0, 0.1) is 0 Å². The van der Waals surface area contributed by atoms with Crippen molar-refractivity contribution in [3.63, 3.8) is 0 Å². The molecular formula is C20H22N2O4. The number of amides is 2. The molecule has 6 nitrogen and oxygen atoms in total. The van der Waals surface area contributed by atoms with E-state index in [0.29, 0.717) is 29.1 Å². The van der Waals surface area contributed by atoms with Gasteiger partial charge in [0.2, 0.25) is 5.91 Å². The van der Waals surface area contributed by atoms with Crippen LogP contribution in [0.1, 0.15) is 37.0 Å². The lowest BCUT2D eigenvalue weighted by atomic mass is 10.1. The van der Waals surface area contributed by atoms with Crippen molar-refractivity contribution in [2.75, 3.05) is 17.2 Å². The van der Waals surface area contributed by atoms with E-state index in [-0.39, 0.29) is 24.2 Å². The van der Waals surface area contributed by atoms with Gasteiger partial charge in [0.25, 0.3) is 5.91 Å². The molecule has 2 N–H and O–H groups in total. The summed E-state index contributed by atoms with van der Waals surface area (Å²) >= 11 is 0. The van der Waals surface area contributed by atoms with Crippen LogP contribution in [0.15, 0.2) is 48.5 Å². The monoisotopic (exact) mass is 354 g/mol. The van der Waals surface area contributed by atoms with E-state index in [2.05, 4.69) is 10.6 Å². The molecule has 26 heavy (non-hydrogen) atoms. The molecular weight excluding hydrogens is 332 g/mol. The first-order valence-corrected chi connectivity index (χ1v) is 8.42. The first-order valence-electron chi connectivity index (χ1n) is 8.42. The van der Waals surface area contributed by atoms with E-state index in [1.807, 2.05) is 25.1 Å². The lowest BCUT2D eigenvalue weighted by molar-refractivity contribution is -0.118. The van der Waals surface area contributed by atoms with E-state index < -0.39 is 0 Å². The van der Waals surface area contributed by atoms with Gasteiger partial charge >= 0.3 is 0 Å². The molecule has 0 aliphatic carbocycles. The van der Waals surface area contributed by atoms with Gasteiger partial charge in [-0.05, 0) is 43.7 Å². The molecule has 0 spiro atoms. The molecule has 2 aromatic rings. The summed E-state index contributed by atoms with van der Waals surface area (Å²) in [6.07, 6.45) is 1.15. The van der Waals surface area contributed by atoms with Crippen LogP contribution in [0.3, 0.4) is 0 Å². The van der Waals surface area contributed by atoms with Crippen LogP contribution in [0.2, 0.25) is 0 Å². The van der Waals surface area contributed by atoms with Crippen LogP contribution in [0.4, 0.5) is 11.4 Å². The fraction of sp³-hybridized carbons (Fsp3) is 0.250. The number of rotatable bonds is 8. The summed E-state index contributed by atoms with van der Waals surface area (Å²) in [5.74, 6) is -0.354. The van der Waals surface area contributed by atoms with Crippen molar-refractivity contribution in [1.29, 1.82) is 0 Å². The number of Topliss-reactive ketones (excluding diaryl/α,β-unsaturated/α-hetero) is 1. The summed E-state index contributed by atoms with van der Waals surface area (Å²) in [4.78, 5) is 35.5.